The van der Waals surface area contributed by atoms with Gasteiger partial charge in [0, 0.05) is 19.6 Å². The number of carboxylic acids is 1. The van der Waals surface area contributed by atoms with Crippen molar-refractivity contribution in [2.24, 2.45) is 27.9 Å². The number of aliphatic imine (C=N–C) groups is 1. The maximum absolute atomic E-state index is 13.5. The van der Waals surface area contributed by atoms with Crippen LogP contribution in [0.1, 0.15) is 51.9 Å². The van der Waals surface area contributed by atoms with Crippen LogP contribution in [0.2, 0.25) is 0 Å². The van der Waals surface area contributed by atoms with Crippen molar-refractivity contribution in [1.82, 2.24) is 20.9 Å². The van der Waals surface area contributed by atoms with E-state index in [2.05, 4.69) is 20.9 Å². The summed E-state index contributed by atoms with van der Waals surface area (Å²) in [5, 5.41) is 26.9. The molecule has 4 amide bonds. The van der Waals surface area contributed by atoms with E-state index in [9.17, 15) is 34.2 Å². The second-order valence-electron chi connectivity index (χ2n) is 9.42. The van der Waals surface area contributed by atoms with Gasteiger partial charge in [0.15, 0.2) is 5.96 Å². The Balaban J connectivity index is 2.91. The Morgan fingerprint density at radius 1 is 1.05 bits per heavy atom. The minimum atomic E-state index is -1.27. The highest BCUT2D eigenvalue weighted by Crippen LogP contribution is 2.20. The number of guanidine groups is 1. The molecule has 0 spiro atoms. The van der Waals surface area contributed by atoms with Gasteiger partial charge < -0.3 is 54.0 Å². The number of hydrogen-bond donors (Lipinski definition) is 9. The first kappa shape index (κ1) is 33.5. The normalized spacial score (nSPS) is 17.8. The summed E-state index contributed by atoms with van der Waals surface area (Å²) in [4.78, 5) is 67.1. The van der Waals surface area contributed by atoms with Crippen LogP contribution in [0.4, 0.5) is 0 Å². The topological polar surface area (TPSA) is 282 Å². The molecule has 0 aromatic heterocycles. The molecule has 1 fully saturated rings. The Hall–Kier alpha value is -3.50. The summed E-state index contributed by atoms with van der Waals surface area (Å²) >= 11 is 0. The van der Waals surface area contributed by atoms with E-state index >= 15 is 0 Å². The van der Waals surface area contributed by atoms with Crippen LogP contribution in [-0.4, -0.2) is 107 Å². The van der Waals surface area contributed by atoms with Crippen molar-refractivity contribution in [3.63, 3.8) is 0 Å². The van der Waals surface area contributed by atoms with Crippen LogP contribution in [0.25, 0.3) is 0 Å². The number of rotatable bonds is 17. The zero-order chi connectivity index (χ0) is 29.5. The molecule has 0 bridgehead atoms. The van der Waals surface area contributed by atoms with Crippen LogP contribution in [0.5, 0.6) is 0 Å². The highest BCUT2D eigenvalue weighted by Gasteiger charge is 2.39. The SMILES string of the molecule is C[C@@H](O)[C@H](N)C(=O)N[C@@H](CCCCNC(=O)CN)C(=O)N1CCC[C@H]1C(=O)N[C@@H](CCCN=C(N)N)C(=O)O. The molecule has 16 nitrogen and oxygen atoms in total. The summed E-state index contributed by atoms with van der Waals surface area (Å²) in [5.74, 6) is -3.55. The van der Waals surface area contributed by atoms with Crippen LogP contribution < -0.4 is 38.9 Å². The van der Waals surface area contributed by atoms with E-state index in [0.717, 1.165) is 0 Å². The highest BCUT2D eigenvalue weighted by atomic mass is 16.4. The molecule has 1 heterocycles. The lowest BCUT2D eigenvalue weighted by Crippen LogP contribution is -2.57. The summed E-state index contributed by atoms with van der Waals surface area (Å²) in [6.07, 6.45) is 1.18. The molecule has 1 aliphatic heterocycles. The van der Waals surface area contributed by atoms with Gasteiger partial charge in [-0.2, -0.15) is 0 Å². The quantitative estimate of drug-likeness (QED) is 0.0472. The largest absolute Gasteiger partial charge is 0.480 e. The van der Waals surface area contributed by atoms with Gasteiger partial charge in [0.2, 0.25) is 23.6 Å². The second kappa shape index (κ2) is 17.2. The van der Waals surface area contributed by atoms with Crippen molar-refractivity contribution >= 4 is 35.6 Å². The minimum absolute atomic E-state index is 0.0785. The Labute approximate surface area is 227 Å². The number of likely N-dealkylation sites (tertiary alicyclic amines) is 1. The summed E-state index contributed by atoms with van der Waals surface area (Å²) in [6.45, 7) is 1.96. The maximum Gasteiger partial charge on any atom is 0.326 e. The van der Waals surface area contributed by atoms with Gasteiger partial charge in [0.25, 0.3) is 0 Å². The smallest absolute Gasteiger partial charge is 0.326 e. The van der Waals surface area contributed by atoms with E-state index in [4.69, 9.17) is 22.9 Å². The molecule has 0 saturated carbocycles. The number of carbonyl (C=O) groups excluding carboxylic acids is 4. The molecule has 0 unspecified atom stereocenters. The molecule has 39 heavy (non-hydrogen) atoms. The Morgan fingerprint density at radius 2 is 1.72 bits per heavy atom. The Kier molecular flexibility index (Phi) is 14.8. The molecular formula is C23H43N9O7. The molecule has 1 rings (SSSR count). The van der Waals surface area contributed by atoms with E-state index < -0.39 is 54.0 Å². The van der Waals surface area contributed by atoms with Crippen molar-refractivity contribution in [2.75, 3.05) is 26.2 Å². The lowest BCUT2D eigenvalue weighted by atomic mass is 10.1. The summed E-state index contributed by atoms with van der Waals surface area (Å²) in [7, 11) is 0. The van der Waals surface area contributed by atoms with Crippen LogP contribution in [-0.2, 0) is 24.0 Å². The first-order chi connectivity index (χ1) is 18.4. The van der Waals surface area contributed by atoms with E-state index in [-0.39, 0.29) is 44.3 Å². The van der Waals surface area contributed by atoms with Crippen LogP contribution in [0, 0.1) is 0 Å². The number of carbonyl (C=O) groups is 5. The van der Waals surface area contributed by atoms with Crippen LogP contribution in [0.3, 0.4) is 0 Å². The predicted molar refractivity (Wildman–Crippen MR) is 142 cm³/mol. The third kappa shape index (κ3) is 11.8. The number of hydrogen-bond acceptors (Lipinski definition) is 9. The molecular weight excluding hydrogens is 514 g/mol. The van der Waals surface area contributed by atoms with Crippen molar-refractivity contribution in [1.29, 1.82) is 0 Å². The standard InChI is InChI=1S/C23H43N9O7/c1-13(33)18(25)20(36)30-14(6-2-3-9-28-17(34)12-24)21(37)32-11-5-8-16(32)19(35)31-15(22(38)39)7-4-10-29-23(26)27/h13-16,18,33H,2-12,24-25H2,1H3,(H,28,34)(H,30,36)(H,31,35)(H,38,39)(H4,26,27,29)/t13-,14+,15+,16+,18+/m1/s1. The lowest BCUT2D eigenvalue weighted by molar-refractivity contribution is -0.145. The van der Waals surface area contributed by atoms with Gasteiger partial charge in [-0.15, -0.1) is 0 Å². The van der Waals surface area contributed by atoms with Gasteiger partial charge in [-0.05, 0) is 51.9 Å². The third-order valence-electron chi connectivity index (χ3n) is 6.26. The Bertz CT molecular complexity index is 880. The van der Waals surface area contributed by atoms with Crippen LogP contribution in [0.15, 0.2) is 4.99 Å². The number of aliphatic hydroxyl groups excluding tert-OH is 1. The van der Waals surface area contributed by atoms with Crippen molar-refractivity contribution in [2.45, 2.75) is 82.1 Å². The molecule has 5 atom stereocenters. The van der Waals surface area contributed by atoms with Gasteiger partial charge in [-0.1, -0.05) is 0 Å². The molecule has 0 aromatic carbocycles. The number of unbranched alkanes of at least 4 members (excludes halogenated alkanes) is 1. The zero-order valence-electron chi connectivity index (χ0n) is 22.3. The predicted octanol–water partition coefficient (Wildman–Crippen LogP) is -3.96. The lowest BCUT2D eigenvalue weighted by Gasteiger charge is -2.30. The fraction of sp³-hybridized carbons (Fsp3) is 0.739. The average Bonchev–Trinajstić information content (AvgIpc) is 3.38. The molecule has 13 N–H and O–H groups in total. The molecule has 1 saturated heterocycles. The average molecular weight is 558 g/mol. The fourth-order valence-corrected chi connectivity index (χ4v) is 4.05. The molecule has 222 valence electrons. The highest BCUT2D eigenvalue weighted by molar-refractivity contribution is 5.94. The molecule has 16 heteroatoms. The monoisotopic (exact) mass is 557 g/mol. The number of nitrogens with two attached hydrogens (primary N) is 4. The van der Waals surface area contributed by atoms with Crippen molar-refractivity contribution in [3.05, 3.63) is 0 Å². The molecule has 0 aromatic rings. The number of nitrogens with zero attached hydrogens (tertiary/aromatic N) is 2. The number of aliphatic hydroxyl groups is 1. The zero-order valence-corrected chi connectivity index (χ0v) is 22.3. The van der Waals surface area contributed by atoms with Crippen molar-refractivity contribution in [3.8, 4) is 0 Å². The van der Waals surface area contributed by atoms with Gasteiger partial charge >= 0.3 is 5.97 Å². The maximum atomic E-state index is 13.5. The fourth-order valence-electron chi connectivity index (χ4n) is 4.05. The van der Waals surface area contributed by atoms with Gasteiger partial charge in [0.1, 0.15) is 24.2 Å². The van der Waals surface area contributed by atoms with E-state index in [1.807, 2.05) is 0 Å². The molecule has 0 aliphatic carbocycles. The van der Waals surface area contributed by atoms with Gasteiger partial charge in [0.05, 0.1) is 12.6 Å². The first-order valence-electron chi connectivity index (χ1n) is 13.0. The second-order valence-corrected chi connectivity index (χ2v) is 9.42. The molecule has 0 radical (unpaired) electrons. The number of aliphatic carboxylic acids is 1. The van der Waals surface area contributed by atoms with Gasteiger partial charge in [-0.3, -0.25) is 24.2 Å². The first-order valence-corrected chi connectivity index (χ1v) is 13.0. The van der Waals surface area contributed by atoms with E-state index in [1.54, 1.807) is 0 Å². The number of carboxylic acid groups (broad SMARTS) is 1. The molecule has 1 aliphatic rings. The van der Waals surface area contributed by atoms with Gasteiger partial charge in [-0.25, -0.2) is 4.79 Å². The number of amides is 4. The van der Waals surface area contributed by atoms with E-state index in [1.165, 1.54) is 11.8 Å². The van der Waals surface area contributed by atoms with Crippen LogP contribution >= 0.6 is 0 Å². The number of nitrogens with one attached hydrogen (secondary N) is 3. The van der Waals surface area contributed by atoms with E-state index in [0.29, 0.717) is 38.6 Å². The Morgan fingerprint density at radius 3 is 2.31 bits per heavy atom. The third-order valence-corrected chi connectivity index (χ3v) is 6.26. The summed E-state index contributed by atoms with van der Waals surface area (Å²) in [5.41, 5.74) is 21.5. The summed E-state index contributed by atoms with van der Waals surface area (Å²) in [6, 6.07) is -4.44. The summed E-state index contributed by atoms with van der Waals surface area (Å²) < 4.78 is 0. The van der Waals surface area contributed by atoms with Crippen molar-refractivity contribution < 1.29 is 34.2 Å². The minimum Gasteiger partial charge on any atom is -0.480 e.